The van der Waals surface area contributed by atoms with Crippen molar-refractivity contribution in [3.8, 4) is 5.75 Å². The van der Waals surface area contributed by atoms with Gasteiger partial charge in [-0.1, -0.05) is 80.7 Å². The van der Waals surface area contributed by atoms with E-state index in [4.69, 9.17) is 4.74 Å². The normalized spacial score (nSPS) is 27.0. The van der Waals surface area contributed by atoms with E-state index < -0.39 is 5.82 Å². The lowest BCUT2D eigenvalue weighted by Gasteiger charge is -2.32. The molecule has 5 nitrogen and oxygen atoms in total. The Kier molecular flexibility index (Phi) is 8.12. The van der Waals surface area contributed by atoms with Crippen molar-refractivity contribution in [1.82, 2.24) is 4.90 Å². The molecular weight excluding hydrogens is 517 g/mol. The van der Waals surface area contributed by atoms with Crippen LogP contribution in [-0.2, 0) is 14.3 Å². The summed E-state index contributed by atoms with van der Waals surface area (Å²) in [7, 11) is 0. The molecule has 0 radical (unpaired) electrons. The first-order valence-electron chi connectivity index (χ1n) is 15.4. The number of hydrogen-bond donors (Lipinski definition) is 1. The van der Waals surface area contributed by atoms with Crippen LogP contribution < -0.4 is 0 Å². The molecule has 0 unspecified atom stereocenters. The molecule has 2 heterocycles. The van der Waals surface area contributed by atoms with Gasteiger partial charge >= 0.3 is 0 Å². The van der Waals surface area contributed by atoms with Gasteiger partial charge in [0.2, 0.25) is 11.8 Å². The van der Waals surface area contributed by atoms with E-state index in [1.165, 1.54) is 29.7 Å². The molecule has 3 fully saturated rings. The molecule has 1 saturated carbocycles. The van der Waals surface area contributed by atoms with Gasteiger partial charge in [-0.2, -0.15) is 0 Å². The Balaban J connectivity index is 1.26. The summed E-state index contributed by atoms with van der Waals surface area (Å²) in [5, 5.41) is 9.65. The molecule has 2 aliphatic carbocycles. The largest absolute Gasteiger partial charge is 0.505 e. The number of fused-ring (bicyclic) bond motifs is 3. The van der Waals surface area contributed by atoms with Crippen LogP contribution in [0.4, 0.5) is 4.39 Å². The van der Waals surface area contributed by atoms with E-state index >= 15 is 0 Å². The molecule has 6 rings (SSSR count). The molecule has 2 amide bonds. The topological polar surface area (TPSA) is 66.8 Å². The molecule has 1 N–H and O–H groups in total. The smallest absolute Gasteiger partial charge is 0.234 e. The van der Waals surface area contributed by atoms with Crippen LogP contribution >= 0.6 is 0 Å². The highest BCUT2D eigenvalue weighted by Crippen LogP contribution is 2.51. The van der Waals surface area contributed by atoms with E-state index in [2.05, 4.69) is 19.1 Å². The number of aromatic hydroxyl groups is 1. The van der Waals surface area contributed by atoms with Gasteiger partial charge in [0.25, 0.3) is 0 Å². The number of likely N-dealkylation sites (tertiary alicyclic amines) is 1. The van der Waals surface area contributed by atoms with Crippen molar-refractivity contribution in [2.75, 3.05) is 6.61 Å². The maximum atomic E-state index is 14.1. The SMILES string of the molecule is CCCC1=C2[C@@H](CC/C(=C/c3ccc(O)c(F)c3)c3ccccc3)OC[C@@H]2[C@@H]2C(=O)N(C3CCCCC3)C(=O)[C@@H]2C1. The molecule has 2 saturated heterocycles. The first-order valence-corrected chi connectivity index (χ1v) is 15.4. The minimum Gasteiger partial charge on any atom is -0.505 e. The number of phenolic OH excluding ortho intramolecular Hbond substituents is 1. The highest BCUT2D eigenvalue weighted by Gasteiger charge is 2.57. The summed E-state index contributed by atoms with van der Waals surface area (Å²) in [5.74, 6) is -1.48. The number of amides is 2. The van der Waals surface area contributed by atoms with Crippen molar-refractivity contribution < 1.29 is 23.8 Å². The predicted octanol–water partition coefficient (Wildman–Crippen LogP) is 7.30. The van der Waals surface area contributed by atoms with E-state index in [1.54, 1.807) is 11.0 Å². The zero-order chi connectivity index (χ0) is 28.5. The number of imide groups is 1. The first kappa shape index (κ1) is 27.9. The van der Waals surface area contributed by atoms with Gasteiger partial charge in [-0.25, -0.2) is 4.39 Å². The Bertz CT molecular complexity index is 1360. The summed E-state index contributed by atoms with van der Waals surface area (Å²) in [4.78, 5) is 29.2. The third kappa shape index (κ3) is 5.39. The van der Waals surface area contributed by atoms with Crippen molar-refractivity contribution in [1.29, 1.82) is 0 Å². The number of rotatable bonds is 8. The summed E-state index contributed by atoms with van der Waals surface area (Å²) in [6.07, 6.45) is 11.1. The van der Waals surface area contributed by atoms with Crippen molar-refractivity contribution in [2.24, 2.45) is 17.8 Å². The number of phenols is 1. The Morgan fingerprint density at radius 3 is 2.56 bits per heavy atom. The van der Waals surface area contributed by atoms with Gasteiger partial charge in [0.05, 0.1) is 24.5 Å². The number of carbonyl (C=O) groups excluding carboxylic acids is 2. The second kappa shape index (κ2) is 11.9. The Morgan fingerprint density at radius 2 is 1.83 bits per heavy atom. The van der Waals surface area contributed by atoms with Crippen LogP contribution in [0.2, 0.25) is 0 Å². The predicted molar refractivity (Wildman–Crippen MR) is 157 cm³/mol. The Labute approximate surface area is 242 Å². The fraction of sp³-hybridized carbons (Fsp3) is 0.486. The molecule has 4 aliphatic rings. The van der Waals surface area contributed by atoms with Crippen LogP contribution in [0.1, 0.15) is 82.3 Å². The maximum Gasteiger partial charge on any atom is 0.234 e. The fourth-order valence-corrected chi connectivity index (χ4v) is 7.79. The number of hydrogen-bond acceptors (Lipinski definition) is 4. The summed E-state index contributed by atoms with van der Waals surface area (Å²) in [6, 6.07) is 14.6. The van der Waals surface area contributed by atoms with Crippen LogP contribution in [0.5, 0.6) is 5.75 Å². The molecule has 0 spiro atoms. The number of carbonyl (C=O) groups is 2. The van der Waals surface area contributed by atoms with E-state index in [1.807, 2.05) is 24.3 Å². The third-order valence-electron chi connectivity index (χ3n) is 9.67. The molecule has 2 aromatic carbocycles. The van der Waals surface area contributed by atoms with Gasteiger partial charge in [0.1, 0.15) is 0 Å². The molecule has 6 heteroatoms. The Morgan fingerprint density at radius 1 is 1.05 bits per heavy atom. The maximum absolute atomic E-state index is 14.1. The lowest BCUT2D eigenvalue weighted by molar-refractivity contribution is -0.143. The van der Waals surface area contributed by atoms with E-state index in [0.717, 1.165) is 56.1 Å². The highest BCUT2D eigenvalue weighted by molar-refractivity contribution is 6.06. The average molecular weight is 558 g/mol. The lowest BCUT2D eigenvalue weighted by atomic mass is 9.68. The van der Waals surface area contributed by atoms with Crippen LogP contribution in [0, 0.1) is 23.6 Å². The van der Waals surface area contributed by atoms with Crippen molar-refractivity contribution in [3.63, 3.8) is 0 Å². The molecule has 0 aromatic heterocycles. The minimum absolute atomic E-state index is 0.0271. The number of nitrogens with zero attached hydrogens (tertiary/aromatic N) is 1. The van der Waals surface area contributed by atoms with Gasteiger partial charge in [-0.3, -0.25) is 14.5 Å². The molecule has 2 aromatic rings. The summed E-state index contributed by atoms with van der Waals surface area (Å²) >= 11 is 0. The van der Waals surface area contributed by atoms with Crippen molar-refractivity contribution in [2.45, 2.75) is 83.3 Å². The molecule has 4 atom stereocenters. The number of ether oxygens (including phenoxy) is 1. The number of benzene rings is 2. The Hall–Kier alpha value is -3.25. The van der Waals surface area contributed by atoms with E-state index in [0.29, 0.717) is 25.0 Å². The standard InChI is InChI=1S/C35H40FNO4/c1-2-9-25-20-27-33(35(40)37(34(27)39)26-12-7-4-8-13-26)28-21-41-31(32(25)28)17-15-24(23-10-5-3-6-11-23)18-22-14-16-30(38)29(36)19-22/h3,5-6,10-11,14,16,18-19,26-28,31,33,38H,2,4,7-9,12-13,15,17,20-21H2,1H3/b24-18-/t27-,28+,31-,33-/m1/s1. The third-order valence-corrected chi connectivity index (χ3v) is 9.67. The quantitative estimate of drug-likeness (QED) is 0.210. The number of allylic oxidation sites excluding steroid dienone is 2. The van der Waals surface area contributed by atoms with Crippen LogP contribution in [0.25, 0.3) is 11.6 Å². The zero-order valence-corrected chi connectivity index (χ0v) is 23.9. The number of halogens is 1. The summed E-state index contributed by atoms with van der Waals surface area (Å²) in [5.41, 5.74) is 5.39. The fourth-order valence-electron chi connectivity index (χ4n) is 7.79. The van der Waals surface area contributed by atoms with Gasteiger partial charge in [0, 0.05) is 12.0 Å². The average Bonchev–Trinajstić information content (AvgIpc) is 3.52. The van der Waals surface area contributed by atoms with Crippen LogP contribution in [0.15, 0.2) is 59.7 Å². The monoisotopic (exact) mass is 557 g/mol. The molecule has 2 aliphatic heterocycles. The molecular formula is C35H40FNO4. The molecule has 216 valence electrons. The van der Waals surface area contributed by atoms with E-state index in [9.17, 15) is 19.1 Å². The first-order chi connectivity index (χ1) is 20.0. The van der Waals surface area contributed by atoms with Crippen LogP contribution in [-0.4, -0.2) is 40.6 Å². The highest BCUT2D eigenvalue weighted by atomic mass is 19.1. The lowest BCUT2D eigenvalue weighted by Crippen LogP contribution is -2.42. The van der Waals surface area contributed by atoms with Gasteiger partial charge in [-0.15, -0.1) is 0 Å². The summed E-state index contributed by atoms with van der Waals surface area (Å²) < 4.78 is 20.6. The second-order valence-corrected chi connectivity index (χ2v) is 12.2. The second-order valence-electron chi connectivity index (χ2n) is 12.2. The zero-order valence-electron chi connectivity index (χ0n) is 23.9. The van der Waals surface area contributed by atoms with Gasteiger partial charge < -0.3 is 9.84 Å². The van der Waals surface area contributed by atoms with Crippen molar-refractivity contribution in [3.05, 3.63) is 76.6 Å². The van der Waals surface area contributed by atoms with Gasteiger partial charge in [-0.05, 0) is 72.9 Å². The molecule has 0 bridgehead atoms. The summed E-state index contributed by atoms with van der Waals surface area (Å²) in [6.45, 7) is 2.65. The van der Waals surface area contributed by atoms with Crippen LogP contribution in [0.3, 0.4) is 0 Å². The molecule has 41 heavy (non-hydrogen) atoms. The van der Waals surface area contributed by atoms with E-state index in [-0.39, 0.29) is 47.5 Å². The minimum atomic E-state index is -0.641. The van der Waals surface area contributed by atoms with Crippen molar-refractivity contribution >= 4 is 23.5 Å². The van der Waals surface area contributed by atoms with Gasteiger partial charge in [0.15, 0.2) is 11.6 Å².